The smallest absolute Gasteiger partial charge is 0.0134 e. The first kappa shape index (κ1) is 16.7. The largest absolute Gasteiger partial charge is 0.304 e. The van der Waals surface area contributed by atoms with E-state index in [1.54, 1.807) is 0 Å². The SMILES string of the molecule is CNN1CCC(CN2CCC(N3CCN(C)CC3)CC2)CC1. The Morgan fingerprint density at radius 2 is 1.45 bits per heavy atom. The Hall–Kier alpha value is -0.200. The quantitative estimate of drug-likeness (QED) is 0.818. The van der Waals surface area contributed by atoms with Gasteiger partial charge in [-0.05, 0) is 58.8 Å². The van der Waals surface area contributed by atoms with Crippen molar-refractivity contribution in [2.75, 3.05) is 73.0 Å². The summed E-state index contributed by atoms with van der Waals surface area (Å²) >= 11 is 0. The Morgan fingerprint density at radius 1 is 0.818 bits per heavy atom. The van der Waals surface area contributed by atoms with E-state index in [9.17, 15) is 0 Å². The first-order valence-corrected chi connectivity index (χ1v) is 9.32. The lowest BCUT2D eigenvalue weighted by Gasteiger charge is -2.43. The summed E-state index contributed by atoms with van der Waals surface area (Å²) in [6.07, 6.45) is 5.50. The van der Waals surface area contributed by atoms with Crippen molar-refractivity contribution in [2.45, 2.75) is 31.7 Å². The number of nitrogens with zero attached hydrogens (tertiary/aromatic N) is 4. The van der Waals surface area contributed by atoms with E-state index >= 15 is 0 Å². The first-order valence-electron chi connectivity index (χ1n) is 9.32. The van der Waals surface area contributed by atoms with Gasteiger partial charge in [-0.25, -0.2) is 5.01 Å². The lowest BCUT2D eigenvalue weighted by atomic mass is 9.95. The lowest BCUT2D eigenvalue weighted by Crippen LogP contribution is -2.53. The van der Waals surface area contributed by atoms with Crippen molar-refractivity contribution in [3.8, 4) is 0 Å². The maximum atomic E-state index is 3.28. The topological polar surface area (TPSA) is 25.0 Å². The van der Waals surface area contributed by atoms with Gasteiger partial charge in [0.05, 0.1) is 0 Å². The molecule has 0 spiro atoms. The molecule has 3 aliphatic heterocycles. The van der Waals surface area contributed by atoms with E-state index in [-0.39, 0.29) is 0 Å². The molecule has 0 aliphatic carbocycles. The molecule has 0 radical (unpaired) electrons. The van der Waals surface area contributed by atoms with Crippen LogP contribution >= 0.6 is 0 Å². The maximum Gasteiger partial charge on any atom is 0.0134 e. The van der Waals surface area contributed by atoms with Gasteiger partial charge in [0.1, 0.15) is 0 Å². The lowest BCUT2D eigenvalue weighted by molar-refractivity contribution is 0.0546. The maximum absolute atomic E-state index is 3.28. The van der Waals surface area contributed by atoms with E-state index in [1.807, 2.05) is 7.05 Å². The predicted octanol–water partition coefficient (Wildman–Crippen LogP) is 0.545. The summed E-state index contributed by atoms with van der Waals surface area (Å²) < 4.78 is 0. The second-order valence-corrected chi connectivity index (χ2v) is 7.53. The van der Waals surface area contributed by atoms with Gasteiger partial charge in [-0.1, -0.05) is 0 Å². The van der Waals surface area contributed by atoms with E-state index < -0.39 is 0 Å². The Balaban J connectivity index is 1.35. The van der Waals surface area contributed by atoms with Crippen molar-refractivity contribution >= 4 is 0 Å². The number of hydrogen-bond donors (Lipinski definition) is 1. The van der Waals surface area contributed by atoms with Crippen LogP contribution in [0, 0.1) is 5.92 Å². The van der Waals surface area contributed by atoms with Gasteiger partial charge in [0.25, 0.3) is 0 Å². The molecule has 0 aromatic heterocycles. The van der Waals surface area contributed by atoms with Gasteiger partial charge in [0.2, 0.25) is 0 Å². The van der Waals surface area contributed by atoms with Crippen molar-refractivity contribution in [1.29, 1.82) is 0 Å². The molecule has 0 aromatic carbocycles. The van der Waals surface area contributed by atoms with Crippen molar-refractivity contribution in [3.05, 3.63) is 0 Å². The highest BCUT2D eigenvalue weighted by atomic mass is 15.5. The minimum absolute atomic E-state index is 0.857. The van der Waals surface area contributed by atoms with Crippen molar-refractivity contribution in [1.82, 2.24) is 25.1 Å². The Labute approximate surface area is 136 Å². The van der Waals surface area contributed by atoms with Crippen molar-refractivity contribution < 1.29 is 0 Å². The van der Waals surface area contributed by atoms with Crippen LogP contribution in [0.1, 0.15) is 25.7 Å². The van der Waals surface area contributed by atoms with Crippen LogP contribution in [0.4, 0.5) is 0 Å². The molecule has 3 fully saturated rings. The molecule has 22 heavy (non-hydrogen) atoms. The molecule has 0 atom stereocenters. The second kappa shape index (κ2) is 8.06. The molecule has 128 valence electrons. The van der Waals surface area contributed by atoms with Gasteiger partial charge in [-0.15, -0.1) is 0 Å². The van der Waals surface area contributed by atoms with Crippen LogP contribution in [-0.4, -0.2) is 98.7 Å². The molecular weight excluding hydrogens is 274 g/mol. The minimum atomic E-state index is 0.857. The molecule has 0 aromatic rings. The molecule has 3 rings (SSSR count). The zero-order chi connectivity index (χ0) is 15.4. The molecule has 0 amide bonds. The molecule has 1 N–H and O–H groups in total. The standard InChI is InChI=1S/C17H35N5/c1-18-22-9-3-16(4-10-22)15-20-7-5-17(6-8-20)21-13-11-19(2)12-14-21/h16-18H,3-15H2,1-2H3. The molecular formula is C17H35N5. The molecule has 3 saturated heterocycles. The molecule has 5 heteroatoms. The van der Waals surface area contributed by atoms with Gasteiger partial charge in [0.15, 0.2) is 0 Å². The van der Waals surface area contributed by atoms with Crippen LogP contribution < -0.4 is 5.43 Å². The third-order valence-electron chi connectivity index (χ3n) is 6.06. The fourth-order valence-electron chi connectivity index (χ4n) is 4.36. The number of piperazine rings is 1. The van der Waals surface area contributed by atoms with Gasteiger partial charge in [-0.3, -0.25) is 10.3 Å². The zero-order valence-electron chi connectivity index (χ0n) is 14.6. The number of hydrazine groups is 1. The van der Waals surface area contributed by atoms with Crippen molar-refractivity contribution in [3.63, 3.8) is 0 Å². The highest BCUT2D eigenvalue weighted by molar-refractivity contribution is 4.84. The average Bonchev–Trinajstić information content (AvgIpc) is 2.57. The van der Waals surface area contributed by atoms with Crippen LogP contribution in [0.3, 0.4) is 0 Å². The van der Waals surface area contributed by atoms with Crippen LogP contribution in [0.15, 0.2) is 0 Å². The number of likely N-dealkylation sites (N-methyl/N-ethyl adjacent to an activating group) is 1. The first-order chi connectivity index (χ1) is 10.7. The van der Waals surface area contributed by atoms with Gasteiger partial charge in [-0.2, -0.15) is 0 Å². The minimum Gasteiger partial charge on any atom is -0.304 e. The van der Waals surface area contributed by atoms with E-state index in [0.717, 1.165) is 12.0 Å². The molecule has 5 nitrogen and oxygen atoms in total. The Bertz CT molecular complexity index is 313. The summed E-state index contributed by atoms with van der Waals surface area (Å²) in [6, 6.07) is 0.857. The van der Waals surface area contributed by atoms with Gasteiger partial charge >= 0.3 is 0 Å². The van der Waals surface area contributed by atoms with Crippen molar-refractivity contribution in [2.24, 2.45) is 5.92 Å². The number of piperidine rings is 2. The summed E-state index contributed by atoms with van der Waals surface area (Å²) in [5.74, 6) is 0.921. The number of hydrogen-bond acceptors (Lipinski definition) is 5. The van der Waals surface area contributed by atoms with E-state index in [0.29, 0.717) is 0 Å². The van der Waals surface area contributed by atoms with Crippen LogP contribution in [0.25, 0.3) is 0 Å². The highest BCUT2D eigenvalue weighted by Crippen LogP contribution is 2.22. The fourth-order valence-corrected chi connectivity index (χ4v) is 4.36. The third-order valence-corrected chi connectivity index (χ3v) is 6.06. The summed E-state index contributed by atoms with van der Waals surface area (Å²) in [6.45, 7) is 11.5. The summed E-state index contributed by atoms with van der Waals surface area (Å²) in [5, 5.41) is 2.36. The van der Waals surface area contributed by atoms with E-state index in [2.05, 4.69) is 32.2 Å². The summed E-state index contributed by atoms with van der Waals surface area (Å²) in [4.78, 5) is 7.96. The highest BCUT2D eigenvalue weighted by Gasteiger charge is 2.28. The van der Waals surface area contributed by atoms with Crippen LogP contribution in [0.2, 0.25) is 0 Å². The molecule has 0 bridgehead atoms. The zero-order valence-corrected chi connectivity index (χ0v) is 14.6. The fraction of sp³-hybridized carbons (Fsp3) is 1.00. The molecule has 0 saturated carbocycles. The monoisotopic (exact) mass is 309 g/mol. The summed E-state index contributed by atoms with van der Waals surface area (Å²) in [5.41, 5.74) is 3.28. The van der Waals surface area contributed by atoms with Crippen LogP contribution in [0.5, 0.6) is 0 Å². The molecule has 0 unspecified atom stereocenters. The van der Waals surface area contributed by atoms with E-state index in [1.165, 1.54) is 84.6 Å². The number of rotatable bonds is 4. The normalized spacial score (nSPS) is 29.2. The Kier molecular flexibility index (Phi) is 6.10. The Morgan fingerprint density at radius 3 is 2.05 bits per heavy atom. The predicted molar refractivity (Wildman–Crippen MR) is 91.9 cm³/mol. The van der Waals surface area contributed by atoms with Gasteiger partial charge < -0.3 is 9.80 Å². The number of likely N-dealkylation sites (tertiary alicyclic amines) is 1. The summed E-state index contributed by atoms with van der Waals surface area (Å²) in [7, 11) is 4.29. The molecule has 3 aliphatic rings. The molecule has 3 heterocycles. The van der Waals surface area contributed by atoms with E-state index in [4.69, 9.17) is 0 Å². The van der Waals surface area contributed by atoms with Crippen LogP contribution in [-0.2, 0) is 0 Å². The van der Waals surface area contributed by atoms with Gasteiger partial charge in [0, 0.05) is 51.9 Å². The second-order valence-electron chi connectivity index (χ2n) is 7.53. The average molecular weight is 310 g/mol. The number of nitrogens with one attached hydrogen (secondary N) is 1. The third kappa shape index (κ3) is 4.42.